The molecule has 1 aliphatic heterocycles. The summed E-state index contributed by atoms with van der Waals surface area (Å²) in [5.74, 6) is 0.754. The molecule has 5 rings (SSSR count). The Kier molecular flexibility index (Phi) is 5.07. The van der Waals surface area contributed by atoms with E-state index in [9.17, 15) is 4.79 Å². The van der Waals surface area contributed by atoms with Gasteiger partial charge in [0.2, 0.25) is 0 Å². The number of carbonyl (C=O) groups is 1. The number of likely N-dealkylation sites (tertiary alicyclic amines) is 1. The van der Waals surface area contributed by atoms with Gasteiger partial charge in [0, 0.05) is 36.3 Å². The molecule has 0 spiro atoms. The number of thiazole rings is 1. The van der Waals surface area contributed by atoms with Gasteiger partial charge in [-0.25, -0.2) is 9.97 Å². The zero-order valence-electron chi connectivity index (χ0n) is 17.8. The van der Waals surface area contributed by atoms with Crippen LogP contribution in [0.4, 0.5) is 5.69 Å². The van der Waals surface area contributed by atoms with Crippen molar-refractivity contribution in [2.24, 2.45) is 7.05 Å². The normalized spacial score (nSPS) is 15.6. The van der Waals surface area contributed by atoms with Crippen molar-refractivity contribution in [3.05, 3.63) is 41.2 Å². The van der Waals surface area contributed by atoms with E-state index < -0.39 is 0 Å². The fourth-order valence-electron chi connectivity index (χ4n) is 4.08. The van der Waals surface area contributed by atoms with Gasteiger partial charge in [-0.2, -0.15) is 5.10 Å². The summed E-state index contributed by atoms with van der Waals surface area (Å²) in [5, 5.41) is 8.63. The first-order chi connectivity index (χ1) is 15.0. The van der Waals surface area contributed by atoms with Gasteiger partial charge in [0.15, 0.2) is 5.01 Å². The molecule has 0 aliphatic carbocycles. The maximum Gasteiger partial charge on any atom is 0.284 e. The van der Waals surface area contributed by atoms with Crippen molar-refractivity contribution >= 4 is 44.2 Å². The third-order valence-electron chi connectivity index (χ3n) is 5.80. The molecule has 1 amide bonds. The summed E-state index contributed by atoms with van der Waals surface area (Å²) in [5.41, 5.74) is 3.25. The van der Waals surface area contributed by atoms with Crippen LogP contribution in [-0.2, 0) is 7.05 Å². The Hall–Kier alpha value is -3.04. The Morgan fingerprint density at radius 3 is 2.74 bits per heavy atom. The van der Waals surface area contributed by atoms with Crippen molar-refractivity contribution in [2.45, 2.75) is 18.8 Å². The number of benzene rings is 1. The molecule has 31 heavy (non-hydrogen) atoms. The van der Waals surface area contributed by atoms with E-state index in [4.69, 9.17) is 9.72 Å². The van der Waals surface area contributed by atoms with Crippen molar-refractivity contribution in [2.75, 3.05) is 32.6 Å². The number of aromatic nitrogens is 4. The zero-order valence-corrected chi connectivity index (χ0v) is 18.6. The minimum atomic E-state index is -0.273. The van der Waals surface area contributed by atoms with Crippen LogP contribution in [0, 0.1) is 0 Å². The van der Waals surface area contributed by atoms with Gasteiger partial charge in [-0.15, -0.1) is 0 Å². The maximum atomic E-state index is 12.9. The number of ether oxygens (including phenoxy) is 1. The summed E-state index contributed by atoms with van der Waals surface area (Å²) in [7, 11) is 5.59. The molecule has 1 N–H and O–H groups in total. The number of hydrogen-bond acceptors (Lipinski definition) is 7. The summed E-state index contributed by atoms with van der Waals surface area (Å²) in [4.78, 5) is 25.4. The second-order valence-electron chi connectivity index (χ2n) is 8.03. The van der Waals surface area contributed by atoms with E-state index in [1.807, 2.05) is 31.4 Å². The van der Waals surface area contributed by atoms with Crippen LogP contribution in [0.5, 0.6) is 5.75 Å². The SMILES string of the molecule is COc1cc2nn(C)cc2cc1NC(=O)c1nc2ccc(C3CCN(C)CC3)nc2s1. The molecule has 8 nitrogen and oxygen atoms in total. The van der Waals surface area contributed by atoms with Gasteiger partial charge >= 0.3 is 0 Å². The van der Waals surface area contributed by atoms with E-state index in [1.54, 1.807) is 11.8 Å². The van der Waals surface area contributed by atoms with Crippen LogP contribution in [0.2, 0.25) is 0 Å². The molecule has 0 unspecified atom stereocenters. The number of carbonyl (C=O) groups excluding carboxylic acids is 1. The molecule has 1 saturated heterocycles. The van der Waals surface area contributed by atoms with Crippen LogP contribution in [0.1, 0.15) is 34.3 Å². The van der Waals surface area contributed by atoms with Crippen LogP contribution in [-0.4, -0.2) is 57.8 Å². The van der Waals surface area contributed by atoms with E-state index in [0.717, 1.165) is 52.9 Å². The van der Waals surface area contributed by atoms with Gasteiger partial charge in [0.25, 0.3) is 5.91 Å². The second kappa shape index (κ2) is 7.90. The predicted octanol–water partition coefficient (Wildman–Crippen LogP) is 3.65. The largest absolute Gasteiger partial charge is 0.494 e. The number of amides is 1. The summed E-state index contributed by atoms with van der Waals surface area (Å²) >= 11 is 1.32. The van der Waals surface area contributed by atoms with Gasteiger partial charge in [-0.3, -0.25) is 9.48 Å². The predicted molar refractivity (Wildman–Crippen MR) is 122 cm³/mol. The first kappa shape index (κ1) is 19.9. The molecule has 3 aromatic heterocycles. The summed E-state index contributed by atoms with van der Waals surface area (Å²) in [6.45, 7) is 2.17. The fourth-order valence-corrected chi connectivity index (χ4v) is 4.92. The van der Waals surface area contributed by atoms with Gasteiger partial charge in [-0.05, 0) is 51.2 Å². The topological polar surface area (TPSA) is 85.2 Å². The molecule has 0 saturated carbocycles. The van der Waals surface area contributed by atoms with E-state index in [1.165, 1.54) is 11.3 Å². The number of pyridine rings is 1. The average molecular weight is 437 g/mol. The lowest BCUT2D eigenvalue weighted by Crippen LogP contribution is -2.29. The highest BCUT2D eigenvalue weighted by atomic mass is 32.1. The Labute approximate surface area is 183 Å². The van der Waals surface area contributed by atoms with E-state index in [0.29, 0.717) is 22.4 Å². The van der Waals surface area contributed by atoms with Gasteiger partial charge < -0.3 is 15.0 Å². The van der Waals surface area contributed by atoms with Crippen LogP contribution in [0.15, 0.2) is 30.5 Å². The van der Waals surface area contributed by atoms with Gasteiger partial charge in [0.05, 0.1) is 18.3 Å². The number of nitrogens with one attached hydrogen (secondary N) is 1. The lowest BCUT2D eigenvalue weighted by molar-refractivity contribution is 0.102. The molecule has 1 fully saturated rings. The fraction of sp³-hybridized carbons (Fsp3) is 0.364. The molecule has 4 aromatic rings. The van der Waals surface area contributed by atoms with Crippen LogP contribution in [0.3, 0.4) is 0 Å². The van der Waals surface area contributed by atoms with Gasteiger partial charge in [-0.1, -0.05) is 11.3 Å². The number of methoxy groups -OCH3 is 1. The van der Waals surface area contributed by atoms with Crippen molar-refractivity contribution in [3.8, 4) is 5.75 Å². The average Bonchev–Trinajstić information content (AvgIpc) is 3.35. The van der Waals surface area contributed by atoms with E-state index in [2.05, 4.69) is 33.4 Å². The summed E-state index contributed by atoms with van der Waals surface area (Å²) < 4.78 is 7.19. The monoisotopic (exact) mass is 436 g/mol. The van der Waals surface area contributed by atoms with Crippen molar-refractivity contribution < 1.29 is 9.53 Å². The smallest absolute Gasteiger partial charge is 0.284 e. The van der Waals surface area contributed by atoms with Crippen molar-refractivity contribution in [1.82, 2.24) is 24.6 Å². The second-order valence-corrected chi connectivity index (χ2v) is 9.00. The number of fused-ring (bicyclic) bond motifs is 2. The standard InChI is InChI=1S/C22H24N6O2S/c1-27-8-6-13(7-9-27)15-4-5-16-21(24-15)31-22(25-16)20(29)23-18-10-14-12-28(2)26-17(14)11-19(18)30-3/h4-5,10-13H,6-9H2,1-3H3,(H,23,29). The molecule has 160 valence electrons. The number of anilines is 1. The molecule has 0 bridgehead atoms. The quantitative estimate of drug-likeness (QED) is 0.526. The minimum absolute atomic E-state index is 0.273. The highest BCUT2D eigenvalue weighted by Crippen LogP contribution is 2.32. The van der Waals surface area contributed by atoms with Gasteiger partial charge in [0.1, 0.15) is 16.1 Å². The van der Waals surface area contributed by atoms with Crippen LogP contribution in [0.25, 0.3) is 21.3 Å². The summed E-state index contributed by atoms with van der Waals surface area (Å²) in [6, 6.07) is 7.71. The minimum Gasteiger partial charge on any atom is -0.494 e. The lowest BCUT2D eigenvalue weighted by atomic mass is 9.93. The number of piperidine rings is 1. The Morgan fingerprint density at radius 1 is 1.16 bits per heavy atom. The van der Waals surface area contributed by atoms with E-state index in [-0.39, 0.29) is 5.91 Å². The summed E-state index contributed by atoms with van der Waals surface area (Å²) in [6.07, 6.45) is 4.12. The van der Waals surface area contributed by atoms with Crippen LogP contribution >= 0.6 is 11.3 Å². The van der Waals surface area contributed by atoms with E-state index >= 15 is 0 Å². The Balaban J connectivity index is 1.40. The zero-order chi connectivity index (χ0) is 21.5. The first-order valence-corrected chi connectivity index (χ1v) is 11.1. The Bertz CT molecular complexity index is 1270. The highest BCUT2D eigenvalue weighted by Gasteiger charge is 2.21. The highest BCUT2D eigenvalue weighted by molar-refractivity contribution is 7.20. The third-order valence-corrected chi connectivity index (χ3v) is 6.76. The Morgan fingerprint density at radius 2 is 1.97 bits per heavy atom. The molecular formula is C22H24N6O2S. The third kappa shape index (κ3) is 3.86. The molecule has 0 radical (unpaired) electrons. The van der Waals surface area contributed by atoms with Crippen molar-refractivity contribution in [3.63, 3.8) is 0 Å². The number of hydrogen-bond donors (Lipinski definition) is 1. The first-order valence-electron chi connectivity index (χ1n) is 10.3. The molecule has 9 heteroatoms. The lowest BCUT2D eigenvalue weighted by Gasteiger charge is -2.28. The van der Waals surface area contributed by atoms with Crippen molar-refractivity contribution in [1.29, 1.82) is 0 Å². The number of rotatable bonds is 4. The number of nitrogens with zero attached hydrogens (tertiary/aromatic N) is 5. The molecule has 1 aromatic carbocycles. The number of aryl methyl sites for hydroxylation is 1. The molecule has 1 aliphatic rings. The molecule has 4 heterocycles. The maximum absolute atomic E-state index is 12.9. The molecular weight excluding hydrogens is 412 g/mol. The molecule has 0 atom stereocenters. The van der Waals surface area contributed by atoms with Crippen LogP contribution < -0.4 is 10.1 Å².